The fourth-order valence-electron chi connectivity index (χ4n) is 0.211. The summed E-state index contributed by atoms with van der Waals surface area (Å²) in [7, 11) is 0. The van der Waals surface area contributed by atoms with Crippen molar-refractivity contribution < 1.29 is 0 Å². The van der Waals surface area contributed by atoms with E-state index in [-0.39, 0.29) is 0 Å². The van der Waals surface area contributed by atoms with E-state index in [0.29, 0.717) is 12.7 Å². The topological polar surface area (TPSA) is 55.3 Å². The number of nitrogens with zero attached hydrogens (tertiary/aromatic N) is 1. The minimum Gasteiger partial charge on any atom is -0.317 e. The van der Waals surface area contributed by atoms with Crippen molar-refractivity contribution in [3.8, 4) is 0 Å². The smallest absolute Gasteiger partial charge is 0.0596 e. The van der Waals surface area contributed by atoms with E-state index in [1.807, 2.05) is 13.8 Å². The third-order valence-electron chi connectivity index (χ3n) is 0.874. The SMILES string of the molecule is CC(C)N(N)CN. The second kappa shape index (κ2) is 2.96. The molecule has 0 radical (unpaired) electrons. The minimum absolute atomic E-state index is 0.352. The lowest BCUT2D eigenvalue weighted by atomic mass is 10.4. The number of hydrazine groups is 1. The molecule has 0 aromatic rings. The fourth-order valence-corrected chi connectivity index (χ4v) is 0.211. The van der Waals surface area contributed by atoms with Gasteiger partial charge in [-0.15, -0.1) is 0 Å². The number of hydrogen-bond acceptors (Lipinski definition) is 3. The molecule has 4 N–H and O–H groups in total. The van der Waals surface area contributed by atoms with Gasteiger partial charge in [0, 0.05) is 6.04 Å². The molecule has 0 heterocycles. The van der Waals surface area contributed by atoms with Crippen LogP contribution in [-0.2, 0) is 0 Å². The van der Waals surface area contributed by atoms with Gasteiger partial charge in [0.05, 0.1) is 6.67 Å². The largest absolute Gasteiger partial charge is 0.317 e. The molecule has 0 atom stereocenters. The second-order valence-corrected chi connectivity index (χ2v) is 1.79. The highest BCUT2D eigenvalue weighted by molar-refractivity contribution is 4.47. The highest BCUT2D eigenvalue weighted by Crippen LogP contribution is 1.83. The molecule has 0 aromatic carbocycles. The molecule has 0 unspecified atom stereocenters. The Balaban J connectivity index is 3.14. The Morgan fingerprint density at radius 2 is 2.00 bits per heavy atom. The van der Waals surface area contributed by atoms with Gasteiger partial charge in [-0.25, -0.2) is 5.01 Å². The lowest BCUT2D eigenvalue weighted by Crippen LogP contribution is -2.41. The van der Waals surface area contributed by atoms with Gasteiger partial charge >= 0.3 is 0 Å². The molecule has 0 saturated heterocycles. The van der Waals surface area contributed by atoms with E-state index in [9.17, 15) is 0 Å². The Bertz CT molecular complexity index is 44.2. The number of hydrogen-bond donors (Lipinski definition) is 2. The van der Waals surface area contributed by atoms with Gasteiger partial charge in [0.2, 0.25) is 0 Å². The first-order chi connectivity index (χ1) is 3.18. The summed E-state index contributed by atoms with van der Waals surface area (Å²) in [5, 5.41) is 1.57. The zero-order chi connectivity index (χ0) is 5.86. The summed E-state index contributed by atoms with van der Waals surface area (Å²) in [6.07, 6.45) is 0. The third-order valence-corrected chi connectivity index (χ3v) is 0.874. The van der Waals surface area contributed by atoms with Crippen LogP contribution >= 0.6 is 0 Å². The van der Waals surface area contributed by atoms with Gasteiger partial charge in [-0.05, 0) is 13.8 Å². The first-order valence-corrected chi connectivity index (χ1v) is 2.40. The van der Waals surface area contributed by atoms with Crippen LogP contribution in [-0.4, -0.2) is 17.7 Å². The van der Waals surface area contributed by atoms with E-state index in [0.717, 1.165) is 0 Å². The van der Waals surface area contributed by atoms with Crippen LogP contribution in [0.1, 0.15) is 13.8 Å². The van der Waals surface area contributed by atoms with Crippen LogP contribution in [0.4, 0.5) is 0 Å². The van der Waals surface area contributed by atoms with E-state index in [4.69, 9.17) is 11.6 Å². The molecular formula is C4H13N3. The van der Waals surface area contributed by atoms with E-state index in [1.54, 1.807) is 5.01 Å². The predicted octanol–water partition coefficient (Wildman–Crippen LogP) is -0.513. The van der Waals surface area contributed by atoms with E-state index in [1.165, 1.54) is 0 Å². The summed E-state index contributed by atoms with van der Waals surface area (Å²) >= 11 is 0. The summed E-state index contributed by atoms with van der Waals surface area (Å²) < 4.78 is 0. The van der Waals surface area contributed by atoms with Crippen LogP contribution in [0.25, 0.3) is 0 Å². The maximum absolute atomic E-state index is 5.32. The Morgan fingerprint density at radius 1 is 1.57 bits per heavy atom. The van der Waals surface area contributed by atoms with Crippen molar-refractivity contribution in [1.29, 1.82) is 0 Å². The van der Waals surface area contributed by atoms with Crippen LogP contribution in [0.3, 0.4) is 0 Å². The van der Waals surface area contributed by atoms with Gasteiger partial charge in [0.15, 0.2) is 0 Å². The molecular weight excluding hydrogens is 90.1 g/mol. The van der Waals surface area contributed by atoms with Crippen molar-refractivity contribution in [2.24, 2.45) is 11.6 Å². The maximum Gasteiger partial charge on any atom is 0.0596 e. The monoisotopic (exact) mass is 103 g/mol. The van der Waals surface area contributed by atoms with Gasteiger partial charge in [-0.3, -0.25) is 5.84 Å². The van der Waals surface area contributed by atoms with Crippen molar-refractivity contribution in [1.82, 2.24) is 5.01 Å². The third kappa shape index (κ3) is 2.56. The van der Waals surface area contributed by atoms with Crippen LogP contribution in [0.2, 0.25) is 0 Å². The van der Waals surface area contributed by atoms with Crippen LogP contribution in [0, 0.1) is 0 Å². The molecule has 0 bridgehead atoms. The Hall–Kier alpha value is -0.120. The van der Waals surface area contributed by atoms with Crippen LogP contribution < -0.4 is 11.6 Å². The lowest BCUT2D eigenvalue weighted by Gasteiger charge is -2.16. The average Bonchev–Trinajstić information content (AvgIpc) is 1.65. The first kappa shape index (κ1) is 6.88. The molecule has 0 amide bonds. The normalized spacial score (nSPS) is 11.1. The van der Waals surface area contributed by atoms with Crippen molar-refractivity contribution in [3.63, 3.8) is 0 Å². The molecule has 0 aliphatic carbocycles. The Labute approximate surface area is 44.2 Å². The van der Waals surface area contributed by atoms with Crippen molar-refractivity contribution in [2.75, 3.05) is 6.67 Å². The molecule has 0 aliphatic rings. The molecule has 44 valence electrons. The van der Waals surface area contributed by atoms with Gasteiger partial charge in [-0.1, -0.05) is 0 Å². The average molecular weight is 103 g/mol. The van der Waals surface area contributed by atoms with Crippen LogP contribution in [0.5, 0.6) is 0 Å². The molecule has 3 heteroatoms. The molecule has 3 nitrogen and oxygen atoms in total. The fraction of sp³-hybridized carbons (Fsp3) is 1.00. The van der Waals surface area contributed by atoms with Crippen molar-refractivity contribution in [3.05, 3.63) is 0 Å². The predicted molar refractivity (Wildman–Crippen MR) is 30.2 cm³/mol. The summed E-state index contributed by atoms with van der Waals surface area (Å²) in [6.45, 7) is 4.41. The van der Waals surface area contributed by atoms with Gasteiger partial charge in [-0.2, -0.15) is 0 Å². The Morgan fingerprint density at radius 3 is 2.00 bits per heavy atom. The Kier molecular flexibility index (Phi) is 2.91. The maximum atomic E-state index is 5.32. The van der Waals surface area contributed by atoms with E-state index in [2.05, 4.69) is 0 Å². The lowest BCUT2D eigenvalue weighted by molar-refractivity contribution is 0.235. The standard InChI is InChI=1S/C4H13N3/c1-4(2)7(6)3-5/h4H,3,5-6H2,1-2H3. The van der Waals surface area contributed by atoms with Gasteiger partial charge in [0.1, 0.15) is 0 Å². The number of rotatable bonds is 2. The summed E-state index contributed by atoms with van der Waals surface area (Å²) in [6, 6.07) is 0.352. The highest BCUT2D eigenvalue weighted by atomic mass is 15.4. The van der Waals surface area contributed by atoms with Crippen molar-refractivity contribution in [2.45, 2.75) is 19.9 Å². The van der Waals surface area contributed by atoms with E-state index < -0.39 is 0 Å². The molecule has 0 spiro atoms. The highest BCUT2D eigenvalue weighted by Gasteiger charge is 1.96. The van der Waals surface area contributed by atoms with E-state index >= 15 is 0 Å². The molecule has 0 aromatic heterocycles. The molecule has 0 saturated carbocycles. The molecule has 0 fully saturated rings. The van der Waals surface area contributed by atoms with Gasteiger partial charge in [0.25, 0.3) is 0 Å². The summed E-state index contributed by atoms with van der Waals surface area (Å²) in [5.41, 5.74) is 5.17. The quantitative estimate of drug-likeness (QED) is 0.281. The summed E-state index contributed by atoms with van der Waals surface area (Å²) in [5.74, 6) is 5.32. The number of nitrogens with two attached hydrogens (primary N) is 2. The zero-order valence-corrected chi connectivity index (χ0v) is 4.89. The minimum atomic E-state index is 0.352. The van der Waals surface area contributed by atoms with Crippen molar-refractivity contribution >= 4 is 0 Å². The zero-order valence-electron chi connectivity index (χ0n) is 4.89. The van der Waals surface area contributed by atoms with Gasteiger partial charge < -0.3 is 5.73 Å². The molecule has 7 heavy (non-hydrogen) atoms. The molecule has 0 aliphatic heterocycles. The van der Waals surface area contributed by atoms with Crippen LogP contribution in [0.15, 0.2) is 0 Å². The first-order valence-electron chi connectivity index (χ1n) is 2.40. The molecule has 0 rings (SSSR count). The summed E-state index contributed by atoms with van der Waals surface area (Å²) in [4.78, 5) is 0. The second-order valence-electron chi connectivity index (χ2n) is 1.79.